The fourth-order valence-corrected chi connectivity index (χ4v) is 4.84. The van der Waals surface area contributed by atoms with E-state index in [9.17, 15) is 61.5 Å². The van der Waals surface area contributed by atoms with E-state index in [-0.39, 0.29) is 9.79 Å². The summed E-state index contributed by atoms with van der Waals surface area (Å²) in [4.78, 5) is -0.336. The van der Waals surface area contributed by atoms with Crippen molar-refractivity contribution in [2.24, 2.45) is 0 Å². The second-order valence-corrected chi connectivity index (χ2v) is 9.10. The predicted octanol–water partition coefficient (Wildman–Crippen LogP) is 7.80. The molecule has 0 saturated carbocycles. The second-order valence-electron chi connectivity index (χ2n) is 7.09. The average molecular weight is 551 g/mol. The number of rotatable bonds is 10. The molecule has 0 radical (unpaired) electrons. The first-order valence-corrected chi connectivity index (χ1v) is 10.5. The minimum absolute atomic E-state index is 0.168. The lowest BCUT2D eigenvalue weighted by Crippen LogP contribution is -2.72. The monoisotopic (exact) mass is 551 g/mol. The van der Waals surface area contributed by atoms with Crippen molar-refractivity contribution in [1.82, 2.24) is 0 Å². The Morgan fingerprint density at radius 2 is 0.857 bits per heavy atom. The van der Waals surface area contributed by atoms with Crippen LogP contribution in [0.3, 0.4) is 0 Å². The summed E-state index contributed by atoms with van der Waals surface area (Å²) in [5.41, 5.74) is 0. The fourth-order valence-electron chi connectivity index (χ4n) is 2.71. The zero-order valence-electron chi connectivity index (χ0n) is 16.8. The van der Waals surface area contributed by atoms with Gasteiger partial charge in [-0.15, -0.1) is 0 Å². The van der Waals surface area contributed by atoms with Crippen LogP contribution in [0, 0.1) is 0 Å². The van der Waals surface area contributed by atoms with E-state index in [1.165, 1.54) is 36.4 Å². The number of hydrogen-bond donors (Lipinski definition) is 0. The van der Waals surface area contributed by atoms with Gasteiger partial charge in [0.2, 0.25) is 0 Å². The summed E-state index contributed by atoms with van der Waals surface area (Å²) in [5, 5.41) is 0. The molecule has 2 rings (SSSR count). The van der Waals surface area contributed by atoms with E-state index in [1.54, 1.807) is 0 Å². The maximum Gasteiger partial charge on any atom is 0.384 e. The Kier molecular flexibility index (Phi) is 7.76. The Bertz CT molecular complexity index is 936. The van der Waals surface area contributed by atoms with Gasteiger partial charge in [-0.25, -0.2) is 8.78 Å². The summed E-state index contributed by atoms with van der Waals surface area (Å²) < 4.78 is 190. The molecule has 0 aromatic heterocycles. The molecule has 0 aliphatic rings. The number of hydrogen-bond acceptors (Lipinski definition) is 0. The normalized spacial score (nSPS) is 14.6. The topological polar surface area (TPSA) is 0 Å². The van der Waals surface area contributed by atoms with E-state index in [2.05, 4.69) is 0 Å². The summed E-state index contributed by atoms with van der Waals surface area (Å²) in [5.74, 6) is -47.0. The average Bonchev–Trinajstić information content (AvgIpc) is 2.77. The predicted molar refractivity (Wildman–Crippen MR) is 97.3 cm³/mol. The summed E-state index contributed by atoms with van der Waals surface area (Å²) in [7, 11) is -2.24. The minimum Gasteiger partial charge on any atom is -0.203 e. The molecule has 0 saturated heterocycles. The zero-order chi connectivity index (χ0) is 27.1. The highest BCUT2D eigenvalue weighted by Crippen LogP contribution is 2.61. The molecule has 0 aliphatic carbocycles. The summed E-state index contributed by atoms with van der Waals surface area (Å²) in [6.07, 6.45) is -5.71. The molecule has 0 nitrogen and oxygen atoms in total. The van der Waals surface area contributed by atoms with Crippen LogP contribution in [0.5, 0.6) is 0 Å². The molecule has 2 aromatic carbocycles. The highest BCUT2D eigenvalue weighted by atomic mass is 32.2. The van der Waals surface area contributed by atoms with Gasteiger partial charge in [0.15, 0.2) is 15.5 Å². The molecule has 0 unspecified atom stereocenters. The van der Waals surface area contributed by atoms with Crippen LogP contribution < -0.4 is 0 Å². The van der Waals surface area contributed by atoms with Crippen molar-refractivity contribution in [3.63, 3.8) is 0 Å². The van der Waals surface area contributed by atoms with Gasteiger partial charge < -0.3 is 0 Å². The van der Waals surface area contributed by atoms with Gasteiger partial charge in [-0.05, 0) is 24.3 Å². The maximum atomic E-state index is 14.6. The smallest absolute Gasteiger partial charge is 0.203 e. The Morgan fingerprint density at radius 3 is 1.20 bits per heavy atom. The van der Waals surface area contributed by atoms with E-state index < -0.39 is 58.6 Å². The number of benzene rings is 2. The molecule has 0 atom stereocenters. The van der Waals surface area contributed by atoms with Gasteiger partial charge in [-0.3, -0.25) is 0 Å². The Labute approximate surface area is 191 Å². The second kappa shape index (κ2) is 9.36. The van der Waals surface area contributed by atoms with Gasteiger partial charge in [-0.2, -0.15) is 52.7 Å². The van der Waals surface area contributed by atoms with Crippen LogP contribution in [0.2, 0.25) is 0 Å². The van der Waals surface area contributed by atoms with Crippen molar-refractivity contribution in [2.45, 2.75) is 51.8 Å². The van der Waals surface area contributed by atoms with Crippen molar-refractivity contribution in [1.29, 1.82) is 0 Å². The lowest BCUT2D eigenvalue weighted by Gasteiger charge is -2.40. The fraction of sp³-hybridized carbons (Fsp3) is 0.400. The molecule has 0 fully saturated rings. The van der Waals surface area contributed by atoms with Crippen molar-refractivity contribution in [2.75, 3.05) is 5.75 Å². The summed E-state index contributed by atoms with van der Waals surface area (Å²) in [6.45, 7) is 0. The van der Waals surface area contributed by atoms with Gasteiger partial charge in [0.25, 0.3) is 0 Å². The standard InChI is InChI=1S/C20H13F14S/c21-14(22)16(25,26)18(29,30)20(33,34)19(31,32)17(27,28)15(23,24)11-35(12-7-3-1-4-8-12)13-9-5-2-6-10-13/h1-10,14H,11H2/q+1. The number of halogens is 14. The molecule has 35 heavy (non-hydrogen) atoms. The van der Waals surface area contributed by atoms with Crippen LogP contribution in [-0.4, -0.2) is 47.7 Å². The highest BCUT2D eigenvalue weighted by Gasteiger charge is 2.91. The third kappa shape index (κ3) is 4.67. The van der Waals surface area contributed by atoms with E-state index in [1.807, 2.05) is 0 Å². The van der Waals surface area contributed by atoms with Crippen molar-refractivity contribution in [3.05, 3.63) is 60.7 Å². The third-order valence-electron chi connectivity index (χ3n) is 4.72. The van der Waals surface area contributed by atoms with E-state index >= 15 is 0 Å². The summed E-state index contributed by atoms with van der Waals surface area (Å²) in [6, 6.07) is 12.1. The molecule has 0 heterocycles. The molecular formula is C20H13F14S+. The van der Waals surface area contributed by atoms with Gasteiger partial charge in [0.05, 0.1) is 10.9 Å². The first kappa shape index (κ1) is 29.0. The van der Waals surface area contributed by atoms with Crippen LogP contribution in [0.15, 0.2) is 70.5 Å². The van der Waals surface area contributed by atoms with E-state index in [0.717, 1.165) is 24.3 Å². The summed E-state index contributed by atoms with van der Waals surface area (Å²) >= 11 is 0. The Morgan fingerprint density at radius 1 is 0.514 bits per heavy atom. The van der Waals surface area contributed by atoms with Crippen LogP contribution in [0.4, 0.5) is 61.5 Å². The minimum atomic E-state index is -8.02. The zero-order valence-corrected chi connectivity index (χ0v) is 17.6. The Balaban J connectivity index is 2.57. The molecule has 0 aliphatic heterocycles. The van der Waals surface area contributed by atoms with Gasteiger partial charge >= 0.3 is 42.0 Å². The lowest BCUT2D eigenvalue weighted by atomic mass is 9.92. The lowest BCUT2D eigenvalue weighted by molar-refractivity contribution is -0.430. The van der Waals surface area contributed by atoms with Gasteiger partial charge in [0.1, 0.15) is 0 Å². The molecular weight excluding hydrogens is 538 g/mol. The SMILES string of the molecule is FC(F)C(F)(F)C(F)(F)C(F)(F)C(F)(F)C(F)(F)C(F)(F)C[S+](c1ccccc1)c1ccccc1. The molecule has 196 valence electrons. The highest BCUT2D eigenvalue weighted by molar-refractivity contribution is 7.97. The third-order valence-corrected chi connectivity index (χ3v) is 7.05. The molecule has 2 aromatic rings. The van der Waals surface area contributed by atoms with Crippen LogP contribution >= 0.6 is 0 Å². The number of alkyl halides is 14. The Hall–Kier alpha value is -2.19. The van der Waals surface area contributed by atoms with Crippen LogP contribution in [0.1, 0.15) is 0 Å². The molecule has 0 amide bonds. The largest absolute Gasteiger partial charge is 0.384 e. The van der Waals surface area contributed by atoms with Gasteiger partial charge in [-0.1, -0.05) is 36.4 Å². The van der Waals surface area contributed by atoms with E-state index in [0.29, 0.717) is 0 Å². The molecule has 15 heteroatoms. The molecule has 0 bridgehead atoms. The quantitative estimate of drug-likeness (QED) is 0.209. The molecule has 0 N–H and O–H groups in total. The van der Waals surface area contributed by atoms with E-state index in [4.69, 9.17) is 0 Å². The van der Waals surface area contributed by atoms with Crippen molar-refractivity contribution >= 4 is 10.9 Å². The first-order valence-electron chi connectivity index (χ1n) is 9.11. The maximum absolute atomic E-state index is 14.6. The molecule has 0 spiro atoms. The van der Waals surface area contributed by atoms with Crippen LogP contribution in [-0.2, 0) is 10.9 Å². The first-order chi connectivity index (χ1) is 15.8. The van der Waals surface area contributed by atoms with Crippen LogP contribution in [0.25, 0.3) is 0 Å². The van der Waals surface area contributed by atoms with Gasteiger partial charge in [0, 0.05) is 0 Å². The van der Waals surface area contributed by atoms with Crippen molar-refractivity contribution < 1.29 is 61.5 Å². The van der Waals surface area contributed by atoms with Crippen molar-refractivity contribution in [3.8, 4) is 0 Å².